The summed E-state index contributed by atoms with van der Waals surface area (Å²) < 4.78 is 7.76. The average molecular weight is 339 g/mol. The topological polar surface area (TPSA) is 37.7 Å². The van der Waals surface area contributed by atoms with E-state index in [1.165, 1.54) is 11.3 Å². The molecule has 0 spiro atoms. The first kappa shape index (κ1) is 16.2. The summed E-state index contributed by atoms with van der Waals surface area (Å²) in [5, 5.41) is 0. The van der Waals surface area contributed by atoms with Gasteiger partial charge in [0, 0.05) is 37.7 Å². The summed E-state index contributed by atoms with van der Waals surface area (Å²) >= 11 is 0. The van der Waals surface area contributed by atoms with E-state index in [1.807, 2.05) is 31.1 Å². The summed E-state index contributed by atoms with van der Waals surface area (Å²) in [6, 6.07) is 12.3. The maximum atomic E-state index is 13.3. The number of para-hydroxylation sites is 1. The van der Waals surface area contributed by atoms with Crippen LogP contribution in [-0.4, -0.2) is 47.7 Å². The van der Waals surface area contributed by atoms with E-state index in [9.17, 15) is 4.79 Å². The Labute approximate surface area is 148 Å². The standard InChI is InChI=1S/C20H25N3O2/c1-15(22-11-9-16-6-3-4-7-17(16)22)20(24)23-12-13-25-14-19(23)18-8-5-10-21(18)2/h3-8,10,15,19H,9,11-14H2,1-2H3/t15-,19-/m0/s1. The SMILES string of the molecule is C[C@@H](C(=O)N1CCOC[C@H]1c1cccn1C)N1CCc2ccccc21. The lowest BCUT2D eigenvalue weighted by Gasteiger charge is -2.39. The van der Waals surface area contributed by atoms with E-state index in [-0.39, 0.29) is 18.0 Å². The number of carbonyl (C=O) groups is 1. The number of carbonyl (C=O) groups excluding carboxylic acids is 1. The minimum Gasteiger partial charge on any atom is -0.377 e. The van der Waals surface area contributed by atoms with Crippen LogP contribution in [0.1, 0.15) is 24.2 Å². The van der Waals surface area contributed by atoms with Gasteiger partial charge in [0.1, 0.15) is 6.04 Å². The highest BCUT2D eigenvalue weighted by Crippen LogP contribution is 2.31. The molecule has 2 aliphatic rings. The average Bonchev–Trinajstić information content (AvgIpc) is 3.26. The Kier molecular flexibility index (Phi) is 4.25. The van der Waals surface area contributed by atoms with Crippen LogP contribution < -0.4 is 4.90 Å². The zero-order valence-corrected chi connectivity index (χ0v) is 14.9. The van der Waals surface area contributed by atoms with Crippen molar-refractivity contribution in [1.29, 1.82) is 0 Å². The minimum absolute atomic E-state index is 0.0125. The molecule has 0 radical (unpaired) electrons. The number of aromatic nitrogens is 1. The molecular weight excluding hydrogens is 314 g/mol. The van der Waals surface area contributed by atoms with E-state index in [1.54, 1.807) is 0 Å². The summed E-state index contributed by atoms with van der Waals surface area (Å²) in [6.07, 6.45) is 3.03. The quantitative estimate of drug-likeness (QED) is 0.862. The van der Waals surface area contributed by atoms with Gasteiger partial charge in [-0.3, -0.25) is 4.79 Å². The van der Waals surface area contributed by atoms with Gasteiger partial charge >= 0.3 is 0 Å². The Bertz CT molecular complexity index is 770. The number of rotatable bonds is 3. The van der Waals surface area contributed by atoms with Gasteiger partial charge < -0.3 is 19.1 Å². The molecule has 0 bridgehead atoms. The van der Waals surface area contributed by atoms with Crippen molar-refractivity contribution in [2.75, 3.05) is 31.2 Å². The lowest BCUT2D eigenvalue weighted by molar-refractivity contribution is -0.141. The number of aryl methyl sites for hydroxylation is 1. The van der Waals surface area contributed by atoms with E-state index < -0.39 is 0 Å². The largest absolute Gasteiger partial charge is 0.377 e. The smallest absolute Gasteiger partial charge is 0.245 e. The molecule has 1 fully saturated rings. The van der Waals surface area contributed by atoms with Crippen LogP contribution in [0.2, 0.25) is 0 Å². The molecule has 5 heteroatoms. The van der Waals surface area contributed by atoms with Crippen molar-refractivity contribution in [3.8, 4) is 0 Å². The van der Waals surface area contributed by atoms with Gasteiger partial charge in [-0.05, 0) is 37.1 Å². The number of morpholine rings is 1. The molecular formula is C20H25N3O2. The van der Waals surface area contributed by atoms with Crippen molar-refractivity contribution in [2.45, 2.75) is 25.4 Å². The Balaban J connectivity index is 1.58. The molecule has 1 aromatic heterocycles. The summed E-state index contributed by atoms with van der Waals surface area (Å²) in [5.41, 5.74) is 3.66. The van der Waals surface area contributed by atoms with E-state index >= 15 is 0 Å². The Morgan fingerprint density at radius 1 is 1.20 bits per heavy atom. The Morgan fingerprint density at radius 3 is 2.84 bits per heavy atom. The zero-order valence-electron chi connectivity index (χ0n) is 14.9. The molecule has 2 aliphatic heterocycles. The van der Waals surface area contributed by atoms with E-state index in [0.29, 0.717) is 19.8 Å². The minimum atomic E-state index is -0.162. The third-order valence-electron chi connectivity index (χ3n) is 5.48. The molecule has 1 amide bonds. The lowest BCUT2D eigenvalue weighted by Crippen LogP contribution is -2.52. The van der Waals surface area contributed by atoms with Gasteiger partial charge in [-0.1, -0.05) is 18.2 Å². The van der Waals surface area contributed by atoms with E-state index in [4.69, 9.17) is 4.74 Å². The first-order chi connectivity index (χ1) is 12.2. The molecule has 0 aliphatic carbocycles. The molecule has 5 nitrogen and oxygen atoms in total. The van der Waals surface area contributed by atoms with Gasteiger partial charge in [-0.2, -0.15) is 0 Å². The zero-order chi connectivity index (χ0) is 17.4. The number of hydrogen-bond donors (Lipinski definition) is 0. The van der Waals surface area contributed by atoms with Gasteiger partial charge in [-0.25, -0.2) is 0 Å². The highest BCUT2D eigenvalue weighted by molar-refractivity contribution is 5.86. The Hall–Kier alpha value is -2.27. The fourth-order valence-electron chi connectivity index (χ4n) is 4.07. The molecule has 3 heterocycles. The van der Waals surface area contributed by atoms with Crippen LogP contribution >= 0.6 is 0 Å². The fraction of sp³-hybridized carbons (Fsp3) is 0.450. The van der Waals surface area contributed by atoms with Crippen molar-refractivity contribution in [3.05, 3.63) is 53.9 Å². The summed E-state index contributed by atoms with van der Waals surface area (Å²) in [7, 11) is 2.02. The highest BCUT2D eigenvalue weighted by atomic mass is 16.5. The number of fused-ring (bicyclic) bond motifs is 1. The third kappa shape index (κ3) is 2.82. The number of anilines is 1. The van der Waals surface area contributed by atoms with Crippen LogP contribution in [0.15, 0.2) is 42.6 Å². The number of hydrogen-bond acceptors (Lipinski definition) is 3. The monoisotopic (exact) mass is 339 g/mol. The molecule has 0 unspecified atom stereocenters. The Morgan fingerprint density at radius 2 is 2.04 bits per heavy atom. The van der Waals surface area contributed by atoms with Crippen LogP contribution in [-0.2, 0) is 23.0 Å². The number of ether oxygens (including phenoxy) is 1. The highest BCUT2D eigenvalue weighted by Gasteiger charge is 2.36. The third-order valence-corrected chi connectivity index (χ3v) is 5.48. The van der Waals surface area contributed by atoms with Gasteiger partial charge in [0.05, 0.1) is 19.3 Å². The molecule has 2 atom stereocenters. The summed E-state index contributed by atoms with van der Waals surface area (Å²) in [4.78, 5) is 17.6. The normalized spacial score (nSPS) is 21.3. The predicted octanol–water partition coefficient (Wildman–Crippen LogP) is 2.38. The second-order valence-electron chi connectivity index (χ2n) is 6.91. The van der Waals surface area contributed by atoms with Gasteiger partial charge in [0.2, 0.25) is 5.91 Å². The molecule has 4 rings (SSSR count). The maximum absolute atomic E-state index is 13.3. The van der Waals surface area contributed by atoms with Gasteiger partial charge in [0.15, 0.2) is 0 Å². The first-order valence-corrected chi connectivity index (χ1v) is 9.01. The van der Waals surface area contributed by atoms with Crippen molar-refractivity contribution in [1.82, 2.24) is 9.47 Å². The summed E-state index contributed by atoms with van der Waals surface area (Å²) in [5.74, 6) is 0.186. The summed E-state index contributed by atoms with van der Waals surface area (Å²) in [6.45, 7) is 4.75. The molecule has 25 heavy (non-hydrogen) atoms. The first-order valence-electron chi connectivity index (χ1n) is 9.01. The molecule has 0 N–H and O–H groups in total. The molecule has 1 saturated heterocycles. The molecule has 1 aromatic carbocycles. The molecule has 2 aromatic rings. The maximum Gasteiger partial charge on any atom is 0.245 e. The van der Waals surface area contributed by atoms with Crippen molar-refractivity contribution < 1.29 is 9.53 Å². The van der Waals surface area contributed by atoms with Crippen LogP contribution in [0.25, 0.3) is 0 Å². The van der Waals surface area contributed by atoms with Crippen molar-refractivity contribution in [3.63, 3.8) is 0 Å². The lowest BCUT2D eigenvalue weighted by atomic mass is 10.1. The van der Waals surface area contributed by atoms with Crippen molar-refractivity contribution >= 4 is 11.6 Å². The van der Waals surface area contributed by atoms with E-state index in [0.717, 1.165) is 18.7 Å². The number of benzene rings is 1. The van der Waals surface area contributed by atoms with Crippen LogP contribution in [0.4, 0.5) is 5.69 Å². The van der Waals surface area contributed by atoms with Gasteiger partial charge in [-0.15, -0.1) is 0 Å². The molecule has 0 saturated carbocycles. The van der Waals surface area contributed by atoms with Gasteiger partial charge in [0.25, 0.3) is 0 Å². The van der Waals surface area contributed by atoms with Crippen LogP contribution in [0.5, 0.6) is 0 Å². The van der Waals surface area contributed by atoms with Crippen LogP contribution in [0, 0.1) is 0 Å². The van der Waals surface area contributed by atoms with Crippen LogP contribution in [0.3, 0.4) is 0 Å². The van der Waals surface area contributed by atoms with Crippen molar-refractivity contribution in [2.24, 2.45) is 7.05 Å². The fourth-order valence-corrected chi connectivity index (χ4v) is 4.07. The number of nitrogens with zero attached hydrogens (tertiary/aromatic N) is 3. The molecule has 132 valence electrons. The second-order valence-corrected chi connectivity index (χ2v) is 6.91. The predicted molar refractivity (Wildman–Crippen MR) is 97.6 cm³/mol. The van der Waals surface area contributed by atoms with E-state index in [2.05, 4.69) is 39.8 Å². The number of amides is 1. The second kappa shape index (κ2) is 6.56.